The van der Waals surface area contributed by atoms with E-state index >= 15 is 0 Å². The molecule has 0 bridgehead atoms. The summed E-state index contributed by atoms with van der Waals surface area (Å²) in [5, 5.41) is 8.24. The average Bonchev–Trinajstić information content (AvgIpc) is 2.72. The fourth-order valence-electron chi connectivity index (χ4n) is 2.96. The lowest BCUT2D eigenvalue weighted by molar-refractivity contribution is -0.122. The molecule has 0 radical (unpaired) electrons. The van der Waals surface area contributed by atoms with Crippen LogP contribution < -0.4 is 16.3 Å². The summed E-state index contributed by atoms with van der Waals surface area (Å²) in [6, 6.07) is 3.68. The predicted molar refractivity (Wildman–Crippen MR) is 122 cm³/mol. The number of ether oxygens (including phenoxy) is 2. The summed E-state index contributed by atoms with van der Waals surface area (Å²) < 4.78 is 11.3. The number of likely N-dealkylation sites (N-methyl/N-ethyl adjacent to an activating group) is 1. The molecule has 1 saturated carbocycles. The van der Waals surface area contributed by atoms with Crippen molar-refractivity contribution in [1.82, 2.24) is 14.9 Å². The molecule has 1 fully saturated rings. The van der Waals surface area contributed by atoms with Gasteiger partial charge in [-0.25, -0.2) is 15.6 Å². The van der Waals surface area contributed by atoms with E-state index in [1.54, 1.807) is 25.1 Å². The Balaban J connectivity index is 0.00000161. The number of carbonyl (C=O) groups is 2. The summed E-state index contributed by atoms with van der Waals surface area (Å²) in [4.78, 5) is 26.6. The van der Waals surface area contributed by atoms with Crippen LogP contribution in [-0.4, -0.2) is 66.4 Å². The molecule has 0 aliphatic heterocycles. The van der Waals surface area contributed by atoms with Gasteiger partial charge < -0.3 is 30.2 Å². The Hall–Kier alpha value is -3.01. The van der Waals surface area contributed by atoms with Crippen molar-refractivity contribution in [2.75, 3.05) is 33.9 Å². The van der Waals surface area contributed by atoms with Crippen LogP contribution in [0.15, 0.2) is 17.8 Å². The van der Waals surface area contributed by atoms with E-state index in [1.807, 2.05) is 13.0 Å². The summed E-state index contributed by atoms with van der Waals surface area (Å²) >= 11 is 0. The largest absolute Gasteiger partial charge is 0.491 e. The Morgan fingerprint density at radius 3 is 2.50 bits per heavy atom. The molecular weight excluding hydrogens is 414 g/mol. The smallest absolute Gasteiger partial charge is 0.409 e. The zero-order valence-electron chi connectivity index (χ0n) is 19.5. The van der Waals surface area contributed by atoms with Gasteiger partial charge in [0.05, 0.1) is 29.4 Å². The van der Waals surface area contributed by atoms with Gasteiger partial charge in [-0.2, -0.15) is 0 Å². The fourth-order valence-corrected chi connectivity index (χ4v) is 2.96. The first-order valence-electron chi connectivity index (χ1n) is 10.8. The quantitative estimate of drug-likeness (QED) is 0.278. The molecule has 2 rings (SSSR count). The van der Waals surface area contributed by atoms with E-state index in [-0.39, 0.29) is 13.1 Å². The van der Waals surface area contributed by atoms with Gasteiger partial charge >= 0.3 is 6.09 Å². The fraction of sp³-hybridized carbons (Fsp3) is 0.591. The molecule has 5 N–H and O–H groups in total. The molecule has 0 atom stereocenters. The van der Waals surface area contributed by atoms with Gasteiger partial charge in [0.25, 0.3) is 6.47 Å². The van der Waals surface area contributed by atoms with Crippen molar-refractivity contribution >= 4 is 18.3 Å². The maximum Gasteiger partial charge on any atom is 0.409 e. The number of nitrogens with two attached hydrogens (primary N) is 2. The van der Waals surface area contributed by atoms with E-state index in [2.05, 4.69) is 11.9 Å². The van der Waals surface area contributed by atoms with Crippen molar-refractivity contribution in [3.8, 4) is 5.75 Å². The minimum Gasteiger partial charge on any atom is -0.491 e. The molecule has 0 saturated heterocycles. The molecule has 0 spiro atoms. The number of hydrazine groups is 1. The van der Waals surface area contributed by atoms with Gasteiger partial charge in [0.2, 0.25) is 0 Å². The van der Waals surface area contributed by atoms with Crippen molar-refractivity contribution in [1.29, 1.82) is 0 Å². The third kappa shape index (κ3) is 8.62. The van der Waals surface area contributed by atoms with E-state index in [4.69, 9.17) is 31.0 Å². The van der Waals surface area contributed by atoms with Gasteiger partial charge in [-0.15, -0.1) is 0 Å². The molecule has 1 aliphatic carbocycles. The van der Waals surface area contributed by atoms with Crippen LogP contribution >= 0.6 is 0 Å². The van der Waals surface area contributed by atoms with E-state index in [1.165, 1.54) is 24.3 Å². The van der Waals surface area contributed by atoms with E-state index in [9.17, 15) is 4.79 Å². The van der Waals surface area contributed by atoms with Crippen LogP contribution in [0.5, 0.6) is 5.75 Å². The molecule has 10 nitrogen and oxygen atoms in total. The Morgan fingerprint density at radius 1 is 1.34 bits per heavy atom. The molecule has 180 valence electrons. The van der Waals surface area contributed by atoms with Crippen molar-refractivity contribution in [2.45, 2.75) is 46.0 Å². The lowest BCUT2D eigenvalue weighted by atomic mass is 9.86. The normalized spacial score (nSPS) is 13.7. The number of amides is 1. The zero-order valence-corrected chi connectivity index (χ0v) is 19.5. The van der Waals surface area contributed by atoms with Crippen LogP contribution in [0.25, 0.3) is 5.70 Å². The standard InChI is InChI=1S/C21H35N5O3.CH2O2/c1-5-6-12-25(3)21(27)29-14-18(26(4)23)20(22)17-10-11-19(15(2)24-17)28-13-16-8-7-9-16;2-1-3/h10-11,16H,5-9,12-14,22-23H2,1-4H3;1H,(H,2,3)/b20-18-;. The van der Waals surface area contributed by atoms with Crippen molar-refractivity contribution in [2.24, 2.45) is 17.5 Å². The number of hydrogen-bond acceptors (Lipinski definition) is 8. The minimum atomic E-state index is -0.408. The molecule has 1 aromatic heterocycles. The molecular formula is C22H37N5O5. The third-order valence-corrected chi connectivity index (χ3v) is 5.24. The summed E-state index contributed by atoms with van der Waals surface area (Å²) in [6.45, 7) is 5.05. The molecule has 1 aliphatic rings. The number of carboxylic acid groups (broad SMARTS) is 1. The maximum absolute atomic E-state index is 12.1. The van der Waals surface area contributed by atoms with Crippen LogP contribution in [0.4, 0.5) is 4.79 Å². The van der Waals surface area contributed by atoms with Gasteiger partial charge in [0.1, 0.15) is 12.4 Å². The van der Waals surface area contributed by atoms with Gasteiger partial charge in [0, 0.05) is 20.6 Å². The predicted octanol–water partition coefficient (Wildman–Crippen LogP) is 2.57. The highest BCUT2D eigenvalue weighted by atomic mass is 16.6. The number of nitrogens with zero attached hydrogens (tertiary/aromatic N) is 3. The lowest BCUT2D eigenvalue weighted by Gasteiger charge is -2.25. The SMILES string of the molecule is CCCCN(C)C(=O)OC/C(=C(/N)c1ccc(OCC2CCC2)c(C)n1)N(C)N.O=CO. The molecule has 1 heterocycles. The maximum atomic E-state index is 12.1. The van der Waals surface area contributed by atoms with Gasteiger partial charge in [-0.05, 0) is 44.2 Å². The number of unbranched alkanes of at least 4 members (excludes halogenated alkanes) is 1. The second-order valence-electron chi connectivity index (χ2n) is 7.79. The Bertz CT molecular complexity index is 765. The molecule has 32 heavy (non-hydrogen) atoms. The highest BCUT2D eigenvalue weighted by Crippen LogP contribution is 2.28. The zero-order chi connectivity index (χ0) is 24.1. The number of hydrogen-bond donors (Lipinski definition) is 3. The number of carbonyl (C=O) groups excluding carboxylic acids is 1. The lowest BCUT2D eigenvalue weighted by Crippen LogP contribution is -2.34. The van der Waals surface area contributed by atoms with Crippen molar-refractivity contribution < 1.29 is 24.2 Å². The monoisotopic (exact) mass is 451 g/mol. The second kappa shape index (κ2) is 14.1. The molecule has 1 amide bonds. The Morgan fingerprint density at radius 2 is 2.00 bits per heavy atom. The highest BCUT2D eigenvalue weighted by molar-refractivity contribution is 5.68. The van der Waals surface area contributed by atoms with Crippen LogP contribution in [0.3, 0.4) is 0 Å². The van der Waals surface area contributed by atoms with Gasteiger partial charge in [0.15, 0.2) is 0 Å². The molecule has 1 aromatic rings. The summed E-state index contributed by atoms with van der Waals surface area (Å²) in [5.41, 5.74) is 8.49. The number of aryl methyl sites for hydroxylation is 1. The average molecular weight is 452 g/mol. The van der Waals surface area contributed by atoms with E-state index in [0.29, 0.717) is 29.6 Å². The van der Waals surface area contributed by atoms with E-state index < -0.39 is 6.09 Å². The van der Waals surface area contributed by atoms with Crippen LogP contribution in [0, 0.1) is 12.8 Å². The van der Waals surface area contributed by atoms with E-state index in [0.717, 1.165) is 30.9 Å². The third-order valence-electron chi connectivity index (χ3n) is 5.24. The van der Waals surface area contributed by atoms with Crippen molar-refractivity contribution in [3.05, 3.63) is 29.2 Å². The molecule has 0 unspecified atom stereocenters. The first-order chi connectivity index (χ1) is 15.2. The van der Waals surface area contributed by atoms with Crippen LogP contribution in [0.1, 0.15) is 50.4 Å². The Kier molecular flexibility index (Phi) is 11.9. The Labute approximate surface area is 190 Å². The number of aromatic nitrogens is 1. The summed E-state index contributed by atoms with van der Waals surface area (Å²) in [7, 11) is 3.37. The summed E-state index contributed by atoms with van der Waals surface area (Å²) in [5.74, 6) is 7.34. The van der Waals surface area contributed by atoms with Crippen LogP contribution in [-0.2, 0) is 9.53 Å². The van der Waals surface area contributed by atoms with Crippen LogP contribution in [0.2, 0.25) is 0 Å². The first-order valence-corrected chi connectivity index (χ1v) is 10.8. The second-order valence-corrected chi connectivity index (χ2v) is 7.79. The number of rotatable bonds is 10. The topological polar surface area (TPSA) is 144 Å². The first kappa shape index (κ1) is 27.0. The number of pyridine rings is 1. The summed E-state index contributed by atoms with van der Waals surface area (Å²) in [6.07, 6.45) is 5.28. The van der Waals surface area contributed by atoms with Gasteiger partial charge in [-0.3, -0.25) is 4.79 Å². The van der Waals surface area contributed by atoms with Crippen molar-refractivity contribution in [3.63, 3.8) is 0 Å². The highest BCUT2D eigenvalue weighted by Gasteiger charge is 2.19. The molecule has 10 heteroatoms. The minimum absolute atomic E-state index is 0.0329. The molecule has 0 aromatic carbocycles. The van der Waals surface area contributed by atoms with Gasteiger partial charge in [-0.1, -0.05) is 19.8 Å².